The van der Waals surface area contributed by atoms with E-state index in [1.165, 1.54) is 12.1 Å². The maximum Gasteiger partial charge on any atom is 0.173 e. The molecule has 0 unspecified atom stereocenters. The number of halogens is 2. The number of nitriles is 1. The van der Waals surface area contributed by atoms with Crippen LogP contribution in [0.1, 0.15) is 5.69 Å². The van der Waals surface area contributed by atoms with Crippen LogP contribution in [-0.4, -0.2) is 9.55 Å². The minimum Gasteiger partial charge on any atom is -0.321 e. The fraction of sp³-hybridized carbons (Fsp3) is 0.0909. The molecule has 0 atom stereocenters. The minimum absolute atomic E-state index is 0.294. The summed E-state index contributed by atoms with van der Waals surface area (Å²) in [6.45, 7) is 0. The molecule has 1 heterocycles. The molecule has 0 aliphatic rings. The van der Waals surface area contributed by atoms with E-state index in [1.807, 2.05) is 6.07 Å². The highest BCUT2D eigenvalue weighted by Gasteiger charge is 2.13. The Morgan fingerprint density at radius 2 is 2.00 bits per heavy atom. The van der Waals surface area contributed by atoms with Crippen molar-refractivity contribution in [1.29, 1.82) is 5.26 Å². The Hall–Kier alpha value is -1.67. The van der Waals surface area contributed by atoms with Crippen LogP contribution in [-0.2, 0) is 7.05 Å². The molecule has 16 heavy (non-hydrogen) atoms. The maximum atomic E-state index is 12.8. The Labute approximate surface area is 100 Å². The molecule has 2 aromatic rings. The highest BCUT2D eigenvalue weighted by molar-refractivity contribution is 9.10. The van der Waals surface area contributed by atoms with Gasteiger partial charge in [0.1, 0.15) is 22.3 Å². The molecular formula is C11H7BrFN3. The smallest absolute Gasteiger partial charge is 0.173 e. The lowest BCUT2D eigenvalue weighted by atomic mass is 10.2. The third-order valence-electron chi connectivity index (χ3n) is 2.23. The van der Waals surface area contributed by atoms with Gasteiger partial charge in [-0.3, -0.25) is 0 Å². The van der Waals surface area contributed by atoms with Crippen LogP contribution in [0.4, 0.5) is 4.39 Å². The monoisotopic (exact) mass is 279 g/mol. The summed E-state index contributed by atoms with van der Waals surface area (Å²) in [6.07, 6.45) is 0. The molecule has 0 aliphatic carbocycles. The number of benzene rings is 1. The second kappa shape index (κ2) is 4.06. The summed E-state index contributed by atoms with van der Waals surface area (Å²) in [7, 11) is 1.79. The second-order valence-corrected chi connectivity index (χ2v) is 4.00. The van der Waals surface area contributed by atoms with Crippen molar-refractivity contribution >= 4 is 15.9 Å². The molecule has 0 saturated carbocycles. The van der Waals surface area contributed by atoms with Gasteiger partial charge in [-0.15, -0.1) is 0 Å². The summed E-state index contributed by atoms with van der Waals surface area (Å²) in [5.41, 5.74) is 1.09. The zero-order chi connectivity index (χ0) is 11.7. The quantitative estimate of drug-likeness (QED) is 0.806. The van der Waals surface area contributed by atoms with Crippen LogP contribution in [0.25, 0.3) is 11.4 Å². The largest absolute Gasteiger partial charge is 0.321 e. The van der Waals surface area contributed by atoms with Crippen molar-refractivity contribution in [1.82, 2.24) is 9.55 Å². The van der Waals surface area contributed by atoms with E-state index >= 15 is 0 Å². The Morgan fingerprint density at radius 1 is 1.38 bits per heavy atom. The lowest BCUT2D eigenvalue weighted by Crippen LogP contribution is -1.92. The van der Waals surface area contributed by atoms with Crippen LogP contribution in [0, 0.1) is 17.1 Å². The molecule has 0 aliphatic heterocycles. The first kappa shape index (κ1) is 10.8. The highest BCUT2D eigenvalue weighted by atomic mass is 79.9. The van der Waals surface area contributed by atoms with Crippen LogP contribution < -0.4 is 0 Å². The van der Waals surface area contributed by atoms with E-state index in [-0.39, 0.29) is 5.82 Å². The average Bonchev–Trinajstić information content (AvgIpc) is 2.57. The van der Waals surface area contributed by atoms with E-state index < -0.39 is 0 Å². The molecule has 0 bridgehead atoms. The number of nitrogens with zero attached hydrogens (tertiary/aromatic N) is 3. The topological polar surface area (TPSA) is 41.6 Å². The molecule has 0 spiro atoms. The van der Waals surface area contributed by atoms with Gasteiger partial charge in [0.25, 0.3) is 0 Å². The number of hydrogen-bond acceptors (Lipinski definition) is 2. The van der Waals surface area contributed by atoms with Gasteiger partial charge in [0.05, 0.1) is 0 Å². The summed E-state index contributed by atoms with van der Waals surface area (Å²) in [5.74, 6) is 0.334. The number of rotatable bonds is 1. The number of aromatic nitrogens is 2. The van der Waals surface area contributed by atoms with Gasteiger partial charge in [-0.2, -0.15) is 5.26 Å². The predicted molar refractivity (Wildman–Crippen MR) is 61.0 cm³/mol. The molecule has 1 aromatic carbocycles. The van der Waals surface area contributed by atoms with Gasteiger partial charge >= 0.3 is 0 Å². The van der Waals surface area contributed by atoms with Gasteiger partial charge in [0.2, 0.25) is 0 Å². The van der Waals surface area contributed by atoms with E-state index in [4.69, 9.17) is 5.26 Å². The molecular weight excluding hydrogens is 273 g/mol. The first-order chi connectivity index (χ1) is 7.63. The van der Waals surface area contributed by atoms with Gasteiger partial charge in [0, 0.05) is 12.6 Å². The maximum absolute atomic E-state index is 12.8. The van der Waals surface area contributed by atoms with Crippen LogP contribution in [0.3, 0.4) is 0 Å². The van der Waals surface area contributed by atoms with E-state index in [1.54, 1.807) is 23.7 Å². The fourth-order valence-electron chi connectivity index (χ4n) is 1.41. The lowest BCUT2D eigenvalue weighted by Gasteiger charge is -2.01. The van der Waals surface area contributed by atoms with Gasteiger partial charge in [-0.1, -0.05) is 0 Å². The van der Waals surface area contributed by atoms with Crippen molar-refractivity contribution in [2.24, 2.45) is 7.05 Å². The van der Waals surface area contributed by atoms with Crippen molar-refractivity contribution < 1.29 is 4.39 Å². The van der Waals surface area contributed by atoms with Crippen LogP contribution in [0.15, 0.2) is 28.9 Å². The summed E-state index contributed by atoms with van der Waals surface area (Å²) < 4.78 is 15.1. The summed E-state index contributed by atoms with van der Waals surface area (Å²) in [5, 5.41) is 8.83. The SMILES string of the molecule is Cn1c(-c2ccc(F)cc2)nc(C#N)c1Br. The van der Waals surface area contributed by atoms with E-state index in [0.717, 1.165) is 5.56 Å². The van der Waals surface area contributed by atoms with Crippen molar-refractivity contribution in [2.45, 2.75) is 0 Å². The number of hydrogen-bond donors (Lipinski definition) is 0. The standard InChI is InChI=1S/C11H7BrFN3/c1-16-10(12)9(6-14)15-11(16)7-2-4-8(13)5-3-7/h2-5H,1H3. The highest BCUT2D eigenvalue weighted by Crippen LogP contribution is 2.24. The third-order valence-corrected chi connectivity index (χ3v) is 3.14. The number of imidazole rings is 1. The van der Waals surface area contributed by atoms with Crippen molar-refractivity contribution in [3.05, 3.63) is 40.4 Å². The zero-order valence-electron chi connectivity index (χ0n) is 8.41. The summed E-state index contributed by atoms with van der Waals surface area (Å²) in [6, 6.07) is 7.98. The first-order valence-corrected chi connectivity index (χ1v) is 5.31. The molecule has 0 N–H and O–H groups in total. The average molecular weight is 280 g/mol. The van der Waals surface area contributed by atoms with Crippen molar-refractivity contribution in [3.8, 4) is 17.5 Å². The zero-order valence-corrected chi connectivity index (χ0v) is 9.99. The molecule has 3 nitrogen and oxygen atoms in total. The van der Waals surface area contributed by atoms with Crippen LogP contribution in [0.2, 0.25) is 0 Å². The predicted octanol–water partition coefficient (Wildman–Crippen LogP) is 2.86. The van der Waals surface area contributed by atoms with Gasteiger partial charge in [0.15, 0.2) is 5.69 Å². The molecule has 5 heteroatoms. The Bertz CT molecular complexity index is 566. The van der Waals surface area contributed by atoms with Gasteiger partial charge in [-0.25, -0.2) is 9.37 Å². The Kier molecular flexibility index (Phi) is 2.75. The fourth-order valence-corrected chi connectivity index (χ4v) is 1.75. The molecule has 0 fully saturated rings. The van der Waals surface area contributed by atoms with Crippen LogP contribution >= 0.6 is 15.9 Å². The van der Waals surface area contributed by atoms with Crippen LogP contribution in [0.5, 0.6) is 0 Å². The van der Waals surface area contributed by atoms with E-state index in [0.29, 0.717) is 16.1 Å². The molecule has 0 amide bonds. The second-order valence-electron chi connectivity index (χ2n) is 3.25. The lowest BCUT2D eigenvalue weighted by molar-refractivity contribution is 0.628. The Morgan fingerprint density at radius 3 is 2.50 bits per heavy atom. The molecule has 2 rings (SSSR count). The molecule has 0 saturated heterocycles. The van der Waals surface area contributed by atoms with E-state index in [2.05, 4.69) is 20.9 Å². The van der Waals surface area contributed by atoms with Gasteiger partial charge < -0.3 is 4.57 Å². The normalized spacial score (nSPS) is 10.1. The first-order valence-electron chi connectivity index (χ1n) is 4.51. The third kappa shape index (κ3) is 1.72. The van der Waals surface area contributed by atoms with Crippen molar-refractivity contribution in [3.63, 3.8) is 0 Å². The summed E-state index contributed by atoms with van der Waals surface area (Å²) in [4.78, 5) is 4.16. The minimum atomic E-state index is -0.294. The van der Waals surface area contributed by atoms with E-state index in [9.17, 15) is 4.39 Å². The Balaban J connectivity index is 2.57. The summed E-state index contributed by atoms with van der Waals surface area (Å²) >= 11 is 3.28. The molecule has 0 radical (unpaired) electrons. The van der Waals surface area contributed by atoms with Crippen molar-refractivity contribution in [2.75, 3.05) is 0 Å². The van der Waals surface area contributed by atoms with Gasteiger partial charge in [-0.05, 0) is 40.2 Å². The molecule has 1 aromatic heterocycles. The molecule has 80 valence electrons.